The van der Waals surface area contributed by atoms with E-state index in [0.717, 1.165) is 19.5 Å². The molecule has 2 atom stereocenters. The zero-order valence-corrected chi connectivity index (χ0v) is 10.5. The van der Waals surface area contributed by atoms with E-state index < -0.39 is 6.10 Å². The van der Waals surface area contributed by atoms with E-state index in [1.54, 1.807) is 13.0 Å². The lowest BCUT2D eigenvalue weighted by molar-refractivity contribution is 0.199. The summed E-state index contributed by atoms with van der Waals surface area (Å²) >= 11 is 0. The van der Waals surface area contributed by atoms with Crippen molar-refractivity contribution in [3.63, 3.8) is 0 Å². The van der Waals surface area contributed by atoms with Crippen molar-refractivity contribution < 1.29 is 9.50 Å². The fourth-order valence-corrected chi connectivity index (χ4v) is 2.45. The SMILES string of the molecule is CC1CCCN(c2ccc([C@@H](C)O)cc2F)C1. The van der Waals surface area contributed by atoms with Crippen LogP contribution >= 0.6 is 0 Å². The number of piperidine rings is 1. The third kappa shape index (κ3) is 2.78. The highest BCUT2D eigenvalue weighted by molar-refractivity contribution is 5.49. The molecular formula is C14H20FNO. The standard InChI is InChI=1S/C14H20FNO/c1-10-4-3-7-16(9-10)14-6-5-12(11(2)17)8-13(14)15/h5-6,8,10-11,17H,3-4,7,9H2,1-2H3/t10?,11-/m1/s1. The summed E-state index contributed by atoms with van der Waals surface area (Å²) in [5.41, 5.74) is 1.30. The van der Waals surface area contributed by atoms with Crippen molar-refractivity contribution in [3.8, 4) is 0 Å². The lowest BCUT2D eigenvalue weighted by Crippen LogP contribution is -2.34. The fourth-order valence-electron chi connectivity index (χ4n) is 2.45. The molecule has 1 heterocycles. The molecule has 0 spiro atoms. The molecule has 0 radical (unpaired) electrons. The molecule has 0 saturated carbocycles. The summed E-state index contributed by atoms with van der Waals surface area (Å²) in [6.45, 7) is 5.70. The Morgan fingerprint density at radius 1 is 1.47 bits per heavy atom. The zero-order valence-electron chi connectivity index (χ0n) is 10.5. The lowest BCUT2D eigenvalue weighted by Gasteiger charge is -2.33. The van der Waals surface area contributed by atoms with Crippen LogP contribution in [0.2, 0.25) is 0 Å². The van der Waals surface area contributed by atoms with Gasteiger partial charge in [0, 0.05) is 13.1 Å². The average molecular weight is 237 g/mol. The Bertz CT molecular complexity index is 392. The molecular weight excluding hydrogens is 217 g/mol. The van der Waals surface area contributed by atoms with E-state index in [2.05, 4.69) is 11.8 Å². The molecule has 1 aliphatic heterocycles. The maximum absolute atomic E-state index is 14.0. The zero-order chi connectivity index (χ0) is 12.4. The van der Waals surface area contributed by atoms with Crippen molar-refractivity contribution in [2.75, 3.05) is 18.0 Å². The molecule has 1 aromatic carbocycles. The van der Waals surface area contributed by atoms with Gasteiger partial charge in [-0.1, -0.05) is 13.0 Å². The first kappa shape index (κ1) is 12.4. The van der Waals surface area contributed by atoms with Crippen LogP contribution in [0.15, 0.2) is 18.2 Å². The van der Waals surface area contributed by atoms with E-state index >= 15 is 0 Å². The molecule has 2 rings (SSSR count). The summed E-state index contributed by atoms with van der Waals surface area (Å²) in [6.07, 6.45) is 1.74. The van der Waals surface area contributed by atoms with Crippen molar-refractivity contribution in [1.29, 1.82) is 0 Å². The lowest BCUT2D eigenvalue weighted by atomic mass is 9.99. The number of hydrogen-bond donors (Lipinski definition) is 1. The van der Waals surface area contributed by atoms with E-state index in [1.165, 1.54) is 12.5 Å². The molecule has 1 saturated heterocycles. The second-order valence-corrected chi connectivity index (χ2v) is 5.08. The first-order valence-corrected chi connectivity index (χ1v) is 6.30. The minimum atomic E-state index is -0.612. The van der Waals surface area contributed by atoms with Gasteiger partial charge in [0.25, 0.3) is 0 Å². The van der Waals surface area contributed by atoms with Gasteiger partial charge in [-0.15, -0.1) is 0 Å². The van der Waals surface area contributed by atoms with Crippen LogP contribution in [0.25, 0.3) is 0 Å². The molecule has 2 nitrogen and oxygen atoms in total. The quantitative estimate of drug-likeness (QED) is 0.854. The summed E-state index contributed by atoms with van der Waals surface area (Å²) in [7, 11) is 0. The summed E-state index contributed by atoms with van der Waals surface area (Å²) < 4.78 is 14.0. The number of anilines is 1. The smallest absolute Gasteiger partial charge is 0.146 e. The summed E-state index contributed by atoms with van der Waals surface area (Å²) in [5.74, 6) is 0.400. The summed E-state index contributed by atoms with van der Waals surface area (Å²) in [6, 6.07) is 5.04. The second kappa shape index (κ2) is 5.05. The maximum Gasteiger partial charge on any atom is 0.146 e. The average Bonchev–Trinajstić information content (AvgIpc) is 2.28. The van der Waals surface area contributed by atoms with Crippen molar-refractivity contribution in [3.05, 3.63) is 29.6 Å². The molecule has 1 unspecified atom stereocenters. The highest BCUT2D eigenvalue weighted by Crippen LogP contribution is 2.27. The van der Waals surface area contributed by atoms with E-state index in [0.29, 0.717) is 17.2 Å². The Hall–Kier alpha value is -1.09. The molecule has 0 aliphatic carbocycles. The number of hydrogen-bond acceptors (Lipinski definition) is 2. The van der Waals surface area contributed by atoms with E-state index in [1.807, 2.05) is 6.07 Å². The van der Waals surface area contributed by atoms with Crippen LogP contribution in [0.5, 0.6) is 0 Å². The Kier molecular flexibility index (Phi) is 3.67. The molecule has 1 fully saturated rings. The van der Waals surface area contributed by atoms with Crippen LogP contribution in [-0.4, -0.2) is 18.2 Å². The number of halogens is 1. The third-order valence-electron chi connectivity index (χ3n) is 3.45. The number of rotatable bonds is 2. The molecule has 1 N–H and O–H groups in total. The Morgan fingerprint density at radius 2 is 2.24 bits per heavy atom. The van der Waals surface area contributed by atoms with E-state index in [9.17, 15) is 9.50 Å². The van der Waals surface area contributed by atoms with Gasteiger partial charge in [0.05, 0.1) is 11.8 Å². The highest BCUT2D eigenvalue weighted by atomic mass is 19.1. The second-order valence-electron chi connectivity index (χ2n) is 5.08. The van der Waals surface area contributed by atoms with Gasteiger partial charge in [0.2, 0.25) is 0 Å². The normalized spacial score (nSPS) is 22.6. The van der Waals surface area contributed by atoms with Crippen LogP contribution in [0.1, 0.15) is 38.4 Å². The van der Waals surface area contributed by atoms with Gasteiger partial charge in [-0.3, -0.25) is 0 Å². The van der Waals surface area contributed by atoms with E-state index in [4.69, 9.17) is 0 Å². The van der Waals surface area contributed by atoms with Crippen LogP contribution in [0.4, 0.5) is 10.1 Å². The molecule has 0 bridgehead atoms. The van der Waals surface area contributed by atoms with Crippen molar-refractivity contribution in [2.45, 2.75) is 32.8 Å². The van der Waals surface area contributed by atoms with Crippen molar-refractivity contribution in [2.24, 2.45) is 5.92 Å². The van der Waals surface area contributed by atoms with Crippen molar-refractivity contribution >= 4 is 5.69 Å². The van der Waals surface area contributed by atoms with Gasteiger partial charge in [-0.2, -0.15) is 0 Å². The largest absolute Gasteiger partial charge is 0.389 e. The van der Waals surface area contributed by atoms with Crippen LogP contribution in [0.3, 0.4) is 0 Å². The number of nitrogens with zero attached hydrogens (tertiary/aromatic N) is 1. The van der Waals surface area contributed by atoms with Gasteiger partial charge in [-0.25, -0.2) is 4.39 Å². The Morgan fingerprint density at radius 3 is 2.82 bits per heavy atom. The monoisotopic (exact) mass is 237 g/mol. The predicted molar refractivity (Wildman–Crippen MR) is 67.6 cm³/mol. The molecule has 17 heavy (non-hydrogen) atoms. The van der Waals surface area contributed by atoms with Crippen LogP contribution in [0, 0.1) is 11.7 Å². The predicted octanol–water partition coefficient (Wildman–Crippen LogP) is 3.12. The third-order valence-corrected chi connectivity index (χ3v) is 3.45. The Balaban J connectivity index is 2.21. The van der Waals surface area contributed by atoms with Crippen LogP contribution < -0.4 is 4.90 Å². The topological polar surface area (TPSA) is 23.5 Å². The van der Waals surface area contributed by atoms with Crippen molar-refractivity contribution in [1.82, 2.24) is 0 Å². The first-order valence-electron chi connectivity index (χ1n) is 6.30. The summed E-state index contributed by atoms with van der Waals surface area (Å²) in [5, 5.41) is 9.41. The van der Waals surface area contributed by atoms with Gasteiger partial charge in [-0.05, 0) is 43.4 Å². The molecule has 3 heteroatoms. The molecule has 0 amide bonds. The van der Waals surface area contributed by atoms with Gasteiger partial charge in [0.1, 0.15) is 5.82 Å². The van der Waals surface area contributed by atoms with Gasteiger partial charge < -0.3 is 10.0 Å². The first-order chi connectivity index (χ1) is 8.08. The molecule has 0 aromatic heterocycles. The minimum absolute atomic E-state index is 0.225. The number of benzene rings is 1. The highest BCUT2D eigenvalue weighted by Gasteiger charge is 2.19. The minimum Gasteiger partial charge on any atom is -0.389 e. The number of aliphatic hydroxyl groups is 1. The van der Waals surface area contributed by atoms with Crippen LogP contribution in [-0.2, 0) is 0 Å². The maximum atomic E-state index is 14.0. The Labute approximate surface area is 102 Å². The molecule has 1 aliphatic rings. The fraction of sp³-hybridized carbons (Fsp3) is 0.571. The summed E-state index contributed by atoms with van der Waals surface area (Å²) in [4.78, 5) is 2.11. The van der Waals surface area contributed by atoms with E-state index in [-0.39, 0.29) is 5.82 Å². The number of aliphatic hydroxyl groups excluding tert-OH is 1. The molecule has 1 aromatic rings. The van der Waals surface area contributed by atoms with Gasteiger partial charge in [0.15, 0.2) is 0 Å². The van der Waals surface area contributed by atoms with Gasteiger partial charge >= 0.3 is 0 Å². The molecule has 94 valence electrons.